The van der Waals surface area contributed by atoms with Gasteiger partial charge in [0.1, 0.15) is 17.3 Å². The lowest BCUT2D eigenvalue weighted by molar-refractivity contribution is -0.140. The molecule has 0 spiro atoms. The molecule has 0 bridgehead atoms. The molecule has 2 N–H and O–H groups in total. The Bertz CT molecular complexity index is 1210. The zero-order valence-corrected chi connectivity index (χ0v) is 18.8. The molecule has 7 heteroatoms. The zero-order chi connectivity index (χ0) is 24.1. The van der Waals surface area contributed by atoms with Crippen LogP contribution in [0.5, 0.6) is 11.5 Å². The first-order valence-corrected chi connectivity index (χ1v) is 11.2. The van der Waals surface area contributed by atoms with Crippen molar-refractivity contribution in [1.82, 2.24) is 9.88 Å². The predicted octanol–water partition coefficient (Wildman–Crippen LogP) is 4.59. The number of Topliss-reactive ketones (excluding diaryl/α,β-unsaturated/α-hetero) is 1. The maximum Gasteiger partial charge on any atom is 0.295 e. The van der Waals surface area contributed by atoms with Crippen molar-refractivity contribution in [1.29, 1.82) is 0 Å². The summed E-state index contributed by atoms with van der Waals surface area (Å²) < 4.78 is 5.74. The van der Waals surface area contributed by atoms with Crippen LogP contribution in [0.25, 0.3) is 5.76 Å². The summed E-state index contributed by atoms with van der Waals surface area (Å²) in [7, 11) is 0. The van der Waals surface area contributed by atoms with E-state index in [1.807, 2.05) is 6.07 Å². The summed E-state index contributed by atoms with van der Waals surface area (Å²) in [6, 6.07) is 15.8. The Morgan fingerprint density at radius 3 is 2.59 bits per heavy atom. The van der Waals surface area contributed by atoms with Crippen LogP contribution in [0, 0.1) is 0 Å². The van der Waals surface area contributed by atoms with Crippen LogP contribution in [-0.4, -0.2) is 38.4 Å². The van der Waals surface area contributed by atoms with Gasteiger partial charge in [-0.25, -0.2) is 0 Å². The van der Waals surface area contributed by atoms with Crippen molar-refractivity contribution in [2.24, 2.45) is 0 Å². The van der Waals surface area contributed by atoms with Crippen LogP contribution in [0.1, 0.15) is 42.5 Å². The number of phenols is 1. The van der Waals surface area contributed by atoms with Gasteiger partial charge in [0.05, 0.1) is 18.2 Å². The number of phenolic OH excluding ortho intramolecular Hbond substituents is 1. The summed E-state index contributed by atoms with van der Waals surface area (Å²) in [5.74, 6) is -1.12. The Morgan fingerprint density at radius 1 is 1.09 bits per heavy atom. The van der Waals surface area contributed by atoms with Gasteiger partial charge in [-0.05, 0) is 47.9 Å². The van der Waals surface area contributed by atoms with Gasteiger partial charge in [-0.15, -0.1) is 0 Å². The van der Waals surface area contributed by atoms with E-state index in [1.165, 1.54) is 17.0 Å². The lowest BCUT2D eigenvalue weighted by Gasteiger charge is -2.25. The Labute approximate surface area is 198 Å². The van der Waals surface area contributed by atoms with Gasteiger partial charge in [0, 0.05) is 24.5 Å². The van der Waals surface area contributed by atoms with Crippen LogP contribution in [0.15, 0.2) is 78.6 Å². The number of aliphatic hydroxyl groups is 1. The summed E-state index contributed by atoms with van der Waals surface area (Å²) in [4.78, 5) is 31.8. The highest BCUT2D eigenvalue weighted by Gasteiger charge is 2.46. The van der Waals surface area contributed by atoms with Crippen LogP contribution in [0.3, 0.4) is 0 Å². The van der Waals surface area contributed by atoms with Crippen molar-refractivity contribution in [2.75, 3.05) is 6.61 Å². The normalized spacial score (nSPS) is 17.2. The molecule has 1 saturated heterocycles. The van der Waals surface area contributed by atoms with E-state index in [1.54, 1.807) is 54.9 Å². The van der Waals surface area contributed by atoms with E-state index in [0.717, 1.165) is 18.4 Å². The first-order valence-electron chi connectivity index (χ1n) is 11.2. The summed E-state index contributed by atoms with van der Waals surface area (Å²) >= 11 is 0. The first-order chi connectivity index (χ1) is 16.5. The third-order valence-corrected chi connectivity index (χ3v) is 5.70. The molecule has 1 atom stereocenters. The fourth-order valence-corrected chi connectivity index (χ4v) is 3.96. The molecule has 1 unspecified atom stereocenters. The number of ketones is 1. The number of ether oxygens (including phenoxy) is 1. The van der Waals surface area contributed by atoms with Gasteiger partial charge >= 0.3 is 0 Å². The van der Waals surface area contributed by atoms with E-state index >= 15 is 0 Å². The van der Waals surface area contributed by atoms with Gasteiger partial charge in [0.15, 0.2) is 0 Å². The predicted molar refractivity (Wildman–Crippen MR) is 127 cm³/mol. The van der Waals surface area contributed by atoms with E-state index in [9.17, 15) is 19.8 Å². The third-order valence-electron chi connectivity index (χ3n) is 5.70. The number of aliphatic hydroxyl groups excluding tert-OH is 1. The minimum Gasteiger partial charge on any atom is -0.508 e. The van der Waals surface area contributed by atoms with Crippen molar-refractivity contribution in [2.45, 2.75) is 32.4 Å². The number of likely N-dealkylation sites (tertiary alicyclic amines) is 1. The number of benzene rings is 2. The number of amides is 1. The first kappa shape index (κ1) is 23.0. The standard InChI is InChI=1S/C27H26N2O5/c1-2-3-14-34-22-8-4-7-20(15-22)25(31)23-24(19-9-11-21(30)12-10-19)29(27(33)26(23)32)17-18-6-5-13-28-16-18/h4-13,15-16,24,30-31H,2-3,14,17H2,1H3/b25-23+. The number of hydrogen-bond donors (Lipinski definition) is 2. The molecule has 1 amide bonds. The molecule has 4 rings (SSSR count). The molecule has 34 heavy (non-hydrogen) atoms. The number of carbonyl (C=O) groups excluding carboxylic acids is 2. The monoisotopic (exact) mass is 458 g/mol. The number of carbonyl (C=O) groups is 2. The molecular weight excluding hydrogens is 432 g/mol. The van der Waals surface area contributed by atoms with Crippen LogP contribution in [0.2, 0.25) is 0 Å². The summed E-state index contributed by atoms with van der Waals surface area (Å²) in [5.41, 5.74) is 1.72. The number of nitrogens with zero attached hydrogens (tertiary/aromatic N) is 2. The SMILES string of the molecule is CCCCOc1cccc(/C(O)=C2\C(=O)C(=O)N(Cc3cccnc3)C2c2ccc(O)cc2)c1. The second-order valence-corrected chi connectivity index (χ2v) is 8.11. The van der Waals surface area contributed by atoms with E-state index in [4.69, 9.17) is 4.74 Å². The van der Waals surface area contributed by atoms with Gasteiger partial charge < -0.3 is 19.8 Å². The second-order valence-electron chi connectivity index (χ2n) is 8.11. The van der Waals surface area contributed by atoms with Gasteiger partial charge in [-0.1, -0.05) is 43.7 Å². The molecular formula is C27H26N2O5. The topological polar surface area (TPSA) is 100.0 Å². The molecule has 1 aliphatic rings. The van der Waals surface area contributed by atoms with E-state index in [0.29, 0.717) is 23.5 Å². The molecule has 3 aromatic rings. The molecule has 1 aromatic heterocycles. The Morgan fingerprint density at radius 2 is 1.88 bits per heavy atom. The Kier molecular flexibility index (Phi) is 6.92. The van der Waals surface area contributed by atoms with Crippen LogP contribution in [0.4, 0.5) is 0 Å². The van der Waals surface area contributed by atoms with Crippen LogP contribution >= 0.6 is 0 Å². The van der Waals surface area contributed by atoms with Crippen LogP contribution < -0.4 is 4.74 Å². The smallest absolute Gasteiger partial charge is 0.295 e. The van der Waals surface area contributed by atoms with Crippen molar-refractivity contribution in [3.63, 3.8) is 0 Å². The number of aromatic nitrogens is 1. The molecule has 0 aliphatic carbocycles. The summed E-state index contributed by atoms with van der Waals surface area (Å²) in [6.45, 7) is 2.75. The summed E-state index contributed by atoms with van der Waals surface area (Å²) in [5, 5.41) is 21.0. The maximum atomic E-state index is 13.2. The van der Waals surface area contributed by atoms with Crippen LogP contribution in [-0.2, 0) is 16.1 Å². The third kappa shape index (κ3) is 4.78. The molecule has 1 aliphatic heterocycles. The molecule has 1 fully saturated rings. The quantitative estimate of drug-likeness (QED) is 0.222. The minimum atomic E-state index is -0.828. The van der Waals surface area contributed by atoms with Crippen molar-refractivity contribution >= 4 is 17.4 Å². The average Bonchev–Trinajstić information content (AvgIpc) is 3.10. The Hall–Kier alpha value is -4.13. The number of aromatic hydroxyl groups is 1. The highest BCUT2D eigenvalue weighted by Crippen LogP contribution is 2.40. The van der Waals surface area contributed by atoms with Gasteiger partial charge in [-0.2, -0.15) is 0 Å². The van der Waals surface area contributed by atoms with E-state index in [2.05, 4.69) is 11.9 Å². The van der Waals surface area contributed by atoms with Crippen molar-refractivity contribution in [3.05, 3.63) is 95.3 Å². The Balaban J connectivity index is 1.78. The van der Waals surface area contributed by atoms with E-state index < -0.39 is 17.7 Å². The lowest BCUT2D eigenvalue weighted by atomic mass is 9.95. The fourth-order valence-electron chi connectivity index (χ4n) is 3.96. The number of unbranched alkanes of at least 4 members (excludes halogenated alkanes) is 1. The number of rotatable bonds is 8. The molecule has 0 saturated carbocycles. The molecule has 2 heterocycles. The maximum absolute atomic E-state index is 13.2. The number of hydrogen-bond acceptors (Lipinski definition) is 6. The van der Waals surface area contributed by atoms with Crippen molar-refractivity contribution < 1.29 is 24.5 Å². The molecule has 7 nitrogen and oxygen atoms in total. The van der Waals surface area contributed by atoms with E-state index in [-0.39, 0.29) is 23.6 Å². The molecule has 0 radical (unpaired) electrons. The zero-order valence-electron chi connectivity index (χ0n) is 18.8. The van der Waals surface area contributed by atoms with Crippen molar-refractivity contribution in [3.8, 4) is 11.5 Å². The molecule has 174 valence electrons. The average molecular weight is 459 g/mol. The highest BCUT2D eigenvalue weighted by molar-refractivity contribution is 6.46. The minimum absolute atomic E-state index is 0.00899. The fraction of sp³-hybridized carbons (Fsp3) is 0.222. The van der Waals surface area contributed by atoms with Gasteiger partial charge in [-0.3, -0.25) is 14.6 Å². The lowest BCUT2D eigenvalue weighted by Crippen LogP contribution is -2.29. The van der Waals surface area contributed by atoms with Gasteiger partial charge in [0.2, 0.25) is 0 Å². The highest BCUT2D eigenvalue weighted by atomic mass is 16.5. The largest absolute Gasteiger partial charge is 0.508 e. The second kappa shape index (κ2) is 10.2. The summed E-state index contributed by atoms with van der Waals surface area (Å²) in [6.07, 6.45) is 5.15. The van der Waals surface area contributed by atoms with Gasteiger partial charge in [0.25, 0.3) is 11.7 Å². The molecule has 2 aromatic carbocycles. The number of pyridine rings is 1.